The number of tetrazole rings is 1. The number of benzene rings is 1. The van der Waals surface area contributed by atoms with Crippen LogP contribution in [0.2, 0.25) is 0 Å². The fourth-order valence-corrected chi connectivity index (χ4v) is 4.60. The van der Waals surface area contributed by atoms with Crippen LogP contribution < -0.4 is 16.3 Å². The van der Waals surface area contributed by atoms with Crippen LogP contribution >= 0.6 is 0 Å². The minimum absolute atomic E-state index is 0.0310. The molecule has 2 aromatic heterocycles. The van der Waals surface area contributed by atoms with Crippen LogP contribution in [-0.2, 0) is 7.05 Å². The predicted octanol–water partition coefficient (Wildman–Crippen LogP) is 2.98. The molecule has 0 aliphatic carbocycles. The Morgan fingerprint density at radius 1 is 1.00 bits per heavy atom. The Morgan fingerprint density at radius 3 is 2.26 bits per heavy atom. The SMILES string of the molecule is CN1C(C)(C)CC(Nc2nc(Nc3ccc(F)c(-n4nnn(C)c4=O)c3F)ncc2F)CC1(C)C. The lowest BCUT2D eigenvalue weighted by molar-refractivity contribution is -0.00778. The third kappa shape index (κ3) is 4.59. The van der Waals surface area contributed by atoms with Gasteiger partial charge in [-0.25, -0.2) is 22.9 Å². The monoisotopic (exact) mass is 491 g/mol. The van der Waals surface area contributed by atoms with Crippen molar-refractivity contribution in [3.63, 3.8) is 0 Å². The molecule has 3 heterocycles. The molecule has 0 amide bonds. The first kappa shape index (κ1) is 24.6. The molecule has 1 saturated heterocycles. The second kappa shape index (κ2) is 8.63. The molecule has 1 fully saturated rings. The van der Waals surface area contributed by atoms with Crippen LogP contribution in [0.1, 0.15) is 40.5 Å². The van der Waals surface area contributed by atoms with Crippen LogP contribution in [0.3, 0.4) is 0 Å². The van der Waals surface area contributed by atoms with Crippen molar-refractivity contribution in [1.82, 2.24) is 34.7 Å². The van der Waals surface area contributed by atoms with Gasteiger partial charge in [-0.1, -0.05) is 0 Å². The summed E-state index contributed by atoms with van der Waals surface area (Å²) in [7, 11) is 3.38. The van der Waals surface area contributed by atoms with Crippen LogP contribution in [0.4, 0.5) is 30.6 Å². The largest absolute Gasteiger partial charge is 0.368 e. The highest BCUT2D eigenvalue weighted by atomic mass is 19.1. The molecule has 1 aromatic carbocycles. The van der Waals surface area contributed by atoms with E-state index in [0.29, 0.717) is 4.68 Å². The first-order chi connectivity index (χ1) is 16.3. The zero-order valence-corrected chi connectivity index (χ0v) is 20.4. The summed E-state index contributed by atoms with van der Waals surface area (Å²) in [4.78, 5) is 22.5. The number of halogens is 3. The molecular formula is C22H28F3N9O. The highest BCUT2D eigenvalue weighted by Gasteiger charge is 2.43. The quantitative estimate of drug-likeness (QED) is 0.561. The highest BCUT2D eigenvalue weighted by Crippen LogP contribution is 2.38. The number of hydrogen-bond acceptors (Lipinski definition) is 8. The fourth-order valence-electron chi connectivity index (χ4n) is 4.60. The molecule has 0 spiro atoms. The van der Waals surface area contributed by atoms with E-state index in [1.807, 2.05) is 0 Å². The molecule has 0 bridgehead atoms. The Balaban J connectivity index is 1.61. The minimum Gasteiger partial charge on any atom is -0.365 e. The van der Waals surface area contributed by atoms with Crippen molar-refractivity contribution in [3.8, 4) is 5.69 Å². The molecule has 1 aliphatic rings. The lowest BCUT2D eigenvalue weighted by atomic mass is 9.77. The molecule has 0 radical (unpaired) electrons. The van der Waals surface area contributed by atoms with Gasteiger partial charge in [-0.05, 0) is 70.1 Å². The molecule has 188 valence electrons. The van der Waals surface area contributed by atoms with E-state index >= 15 is 4.39 Å². The van der Waals surface area contributed by atoms with E-state index in [1.165, 1.54) is 7.05 Å². The Morgan fingerprint density at radius 2 is 1.66 bits per heavy atom. The van der Waals surface area contributed by atoms with Gasteiger partial charge in [0.25, 0.3) is 0 Å². The molecule has 0 unspecified atom stereocenters. The van der Waals surface area contributed by atoms with Gasteiger partial charge in [-0.2, -0.15) is 14.3 Å². The van der Waals surface area contributed by atoms with E-state index in [0.717, 1.165) is 35.9 Å². The van der Waals surface area contributed by atoms with Gasteiger partial charge in [0.15, 0.2) is 23.3 Å². The minimum atomic E-state index is -1.10. The first-order valence-electron chi connectivity index (χ1n) is 11.1. The van der Waals surface area contributed by atoms with Crippen LogP contribution in [0, 0.1) is 17.5 Å². The highest BCUT2D eigenvalue weighted by molar-refractivity contribution is 5.60. The second-order valence-corrected chi connectivity index (χ2v) is 10.0. The molecular weight excluding hydrogens is 463 g/mol. The van der Waals surface area contributed by atoms with E-state index < -0.39 is 28.8 Å². The number of nitrogens with one attached hydrogen (secondary N) is 2. The summed E-state index contributed by atoms with van der Waals surface area (Å²) in [6.45, 7) is 8.51. The first-order valence-corrected chi connectivity index (χ1v) is 11.1. The smallest absolute Gasteiger partial charge is 0.365 e. The number of piperidine rings is 1. The molecule has 0 saturated carbocycles. The summed E-state index contributed by atoms with van der Waals surface area (Å²) in [5.41, 5.74) is -2.01. The molecule has 1 aliphatic heterocycles. The van der Waals surface area contributed by atoms with Gasteiger partial charge in [-0.15, -0.1) is 0 Å². The van der Waals surface area contributed by atoms with Gasteiger partial charge in [-0.3, -0.25) is 4.90 Å². The third-order valence-electron chi connectivity index (χ3n) is 6.64. The van der Waals surface area contributed by atoms with Crippen molar-refractivity contribution in [2.24, 2.45) is 7.05 Å². The topological polar surface area (TPSA) is 106 Å². The zero-order valence-electron chi connectivity index (χ0n) is 20.4. The molecule has 3 aromatic rings. The van der Waals surface area contributed by atoms with Gasteiger partial charge in [0.05, 0.1) is 11.9 Å². The standard InChI is InChI=1S/C22H28F3N9O/c1-21(2)9-12(10-22(3,4)33(21)6)27-18-14(24)11-26-19(29-18)28-15-8-7-13(23)17(16(15)25)34-20(35)32(5)30-31-34/h7-8,11-12H,9-10H2,1-6H3,(H2,26,27,28,29). The fraction of sp³-hybridized carbons (Fsp3) is 0.500. The molecule has 35 heavy (non-hydrogen) atoms. The zero-order chi connectivity index (χ0) is 25.7. The number of aryl methyl sites for hydroxylation is 1. The average molecular weight is 492 g/mol. The number of rotatable bonds is 5. The van der Waals surface area contributed by atoms with Crippen molar-refractivity contribution in [3.05, 3.63) is 46.3 Å². The summed E-state index contributed by atoms with van der Waals surface area (Å²) in [6, 6.07) is 2.02. The van der Waals surface area contributed by atoms with Crippen LogP contribution in [0.5, 0.6) is 0 Å². The van der Waals surface area contributed by atoms with E-state index in [9.17, 15) is 13.6 Å². The van der Waals surface area contributed by atoms with Gasteiger partial charge in [0, 0.05) is 24.2 Å². The normalized spacial score (nSPS) is 18.0. The maximum absolute atomic E-state index is 15.2. The van der Waals surface area contributed by atoms with E-state index in [1.54, 1.807) is 0 Å². The van der Waals surface area contributed by atoms with E-state index in [2.05, 4.69) is 70.7 Å². The van der Waals surface area contributed by atoms with Gasteiger partial charge < -0.3 is 10.6 Å². The van der Waals surface area contributed by atoms with Gasteiger partial charge in [0.2, 0.25) is 5.95 Å². The summed E-state index contributed by atoms with van der Waals surface area (Å²) < 4.78 is 45.5. The number of hydrogen-bond donors (Lipinski definition) is 2. The van der Waals surface area contributed by atoms with Gasteiger partial charge in [0.1, 0.15) is 5.69 Å². The Hall–Kier alpha value is -3.48. The molecule has 0 atom stereocenters. The second-order valence-electron chi connectivity index (χ2n) is 10.0. The van der Waals surface area contributed by atoms with E-state index in [-0.39, 0.29) is 34.6 Å². The van der Waals surface area contributed by atoms with E-state index in [4.69, 9.17) is 0 Å². The van der Waals surface area contributed by atoms with Crippen LogP contribution in [0.15, 0.2) is 23.1 Å². The number of nitrogens with zero attached hydrogens (tertiary/aromatic N) is 7. The predicted molar refractivity (Wildman–Crippen MR) is 124 cm³/mol. The van der Waals surface area contributed by atoms with Crippen molar-refractivity contribution >= 4 is 17.5 Å². The summed E-state index contributed by atoms with van der Waals surface area (Å²) in [5, 5.41) is 12.8. The summed E-state index contributed by atoms with van der Waals surface area (Å²) >= 11 is 0. The third-order valence-corrected chi connectivity index (χ3v) is 6.64. The maximum Gasteiger partial charge on any atom is 0.368 e. The van der Waals surface area contributed by atoms with Crippen molar-refractivity contribution in [2.75, 3.05) is 17.7 Å². The van der Waals surface area contributed by atoms with Crippen molar-refractivity contribution in [1.29, 1.82) is 0 Å². The van der Waals surface area contributed by atoms with Gasteiger partial charge >= 0.3 is 5.69 Å². The molecule has 4 rings (SSSR count). The lowest BCUT2D eigenvalue weighted by Gasteiger charge is -2.53. The van der Waals surface area contributed by atoms with Crippen LogP contribution in [0.25, 0.3) is 5.69 Å². The molecule has 10 nitrogen and oxygen atoms in total. The Kier molecular flexibility index (Phi) is 6.07. The Labute approximate surface area is 200 Å². The van der Waals surface area contributed by atoms with Crippen LogP contribution in [-0.4, -0.2) is 58.8 Å². The summed E-state index contributed by atoms with van der Waals surface area (Å²) in [5.74, 6) is -2.91. The Bertz CT molecular complexity index is 1300. The molecule has 13 heteroatoms. The van der Waals surface area contributed by atoms with Crippen molar-refractivity contribution < 1.29 is 13.2 Å². The molecule has 2 N–H and O–H groups in total. The lowest BCUT2D eigenvalue weighted by Crippen LogP contribution is -2.61. The summed E-state index contributed by atoms with van der Waals surface area (Å²) in [6.07, 6.45) is 2.47. The average Bonchev–Trinajstić information content (AvgIpc) is 3.09. The number of anilines is 3. The maximum atomic E-state index is 15.2. The number of aromatic nitrogens is 6. The number of likely N-dealkylation sites (tertiary alicyclic amines) is 1. The van der Waals surface area contributed by atoms with Crippen molar-refractivity contribution in [2.45, 2.75) is 57.7 Å².